The Morgan fingerprint density at radius 1 is 1.26 bits per heavy atom. The van der Waals surface area contributed by atoms with Crippen LogP contribution in [0.4, 0.5) is 0 Å². The van der Waals surface area contributed by atoms with E-state index in [-0.39, 0.29) is 0 Å². The van der Waals surface area contributed by atoms with Crippen LogP contribution in [0.1, 0.15) is 34.1 Å². The van der Waals surface area contributed by atoms with E-state index >= 15 is 0 Å². The van der Waals surface area contributed by atoms with E-state index in [0.717, 1.165) is 25.4 Å². The number of hydrogen-bond donors (Lipinski definition) is 0. The van der Waals surface area contributed by atoms with Crippen LogP contribution in [-0.2, 0) is 0 Å². The fourth-order valence-electron chi connectivity index (χ4n) is 2.39. The molecule has 3 heteroatoms. The lowest BCUT2D eigenvalue weighted by atomic mass is 10.0. The maximum Gasteiger partial charge on any atom is 0.0786 e. The fourth-order valence-corrected chi connectivity index (χ4v) is 3.46. The highest BCUT2D eigenvalue weighted by atomic mass is 32.2. The minimum Gasteiger partial charge on any atom is -0.360 e. The van der Waals surface area contributed by atoms with Crippen LogP contribution in [0.5, 0.6) is 0 Å². The van der Waals surface area contributed by atoms with E-state index in [0.29, 0.717) is 12.0 Å². The molecule has 1 unspecified atom stereocenters. The molecule has 19 heavy (non-hydrogen) atoms. The van der Waals surface area contributed by atoms with Crippen molar-refractivity contribution in [2.45, 2.75) is 40.2 Å². The summed E-state index contributed by atoms with van der Waals surface area (Å²) in [5.74, 6) is 1.70. The third-order valence-electron chi connectivity index (χ3n) is 3.69. The molecular weight excluding hydrogens is 252 g/mol. The minimum atomic E-state index is 0.628. The maximum atomic E-state index is 2.51. The van der Waals surface area contributed by atoms with Crippen molar-refractivity contribution in [2.24, 2.45) is 5.92 Å². The van der Waals surface area contributed by atoms with Crippen molar-refractivity contribution in [2.75, 3.05) is 19.0 Å². The number of rotatable bonds is 2. The quantitative estimate of drug-likeness (QED) is 0.704. The molecule has 0 aromatic rings. The van der Waals surface area contributed by atoms with Crippen LogP contribution in [0.3, 0.4) is 0 Å². The molecule has 1 aliphatic heterocycles. The van der Waals surface area contributed by atoms with Gasteiger partial charge in [0.1, 0.15) is 0 Å². The molecule has 0 aromatic carbocycles. The molecule has 1 heterocycles. The third-order valence-corrected chi connectivity index (χ3v) is 5.06. The Balaban J connectivity index is 2.03. The lowest BCUT2D eigenvalue weighted by molar-refractivity contribution is 0.295. The summed E-state index contributed by atoms with van der Waals surface area (Å²) in [6.07, 6.45) is 10.4. The molecular formula is C16H26N2S. The normalized spacial score (nSPS) is 28.7. The van der Waals surface area contributed by atoms with Crippen LogP contribution >= 0.6 is 11.9 Å². The van der Waals surface area contributed by atoms with E-state index in [1.807, 2.05) is 11.9 Å². The van der Waals surface area contributed by atoms with Gasteiger partial charge in [-0.1, -0.05) is 42.7 Å². The Hall–Kier alpha value is -0.670. The molecule has 0 saturated carbocycles. The van der Waals surface area contributed by atoms with Crippen LogP contribution in [0.15, 0.2) is 35.6 Å². The first-order valence-corrected chi connectivity index (χ1v) is 8.21. The van der Waals surface area contributed by atoms with Gasteiger partial charge in [-0.25, -0.2) is 4.31 Å². The van der Waals surface area contributed by atoms with Crippen LogP contribution in [-0.4, -0.2) is 34.2 Å². The average Bonchev–Trinajstić information content (AvgIpc) is 2.39. The molecule has 2 nitrogen and oxygen atoms in total. The zero-order chi connectivity index (χ0) is 13.8. The van der Waals surface area contributed by atoms with Crippen LogP contribution in [0, 0.1) is 5.92 Å². The summed E-state index contributed by atoms with van der Waals surface area (Å²) in [6.45, 7) is 11.3. The lowest BCUT2D eigenvalue weighted by Gasteiger charge is -2.38. The Morgan fingerprint density at radius 2 is 2.05 bits per heavy atom. The molecule has 106 valence electrons. The SMILES string of the molecule is CC1=CCC(C)/C=C(\N2CCN(C(C)C)SC2)C=C1. The van der Waals surface area contributed by atoms with E-state index in [1.54, 1.807) is 0 Å². The highest BCUT2D eigenvalue weighted by molar-refractivity contribution is 7.97. The lowest BCUT2D eigenvalue weighted by Crippen LogP contribution is -2.40. The van der Waals surface area contributed by atoms with E-state index in [9.17, 15) is 0 Å². The highest BCUT2D eigenvalue weighted by Gasteiger charge is 2.20. The topological polar surface area (TPSA) is 6.48 Å². The predicted molar refractivity (Wildman–Crippen MR) is 85.8 cm³/mol. The molecule has 1 saturated heterocycles. The van der Waals surface area contributed by atoms with E-state index in [4.69, 9.17) is 0 Å². The Bertz CT molecular complexity index is 388. The van der Waals surface area contributed by atoms with Gasteiger partial charge in [0, 0.05) is 24.8 Å². The largest absolute Gasteiger partial charge is 0.360 e. The Morgan fingerprint density at radius 3 is 2.68 bits per heavy atom. The van der Waals surface area contributed by atoms with Gasteiger partial charge in [-0.2, -0.15) is 0 Å². The zero-order valence-electron chi connectivity index (χ0n) is 12.6. The van der Waals surface area contributed by atoms with Gasteiger partial charge in [0.15, 0.2) is 0 Å². The smallest absolute Gasteiger partial charge is 0.0786 e. The van der Waals surface area contributed by atoms with Gasteiger partial charge in [-0.05, 0) is 39.2 Å². The molecule has 0 spiro atoms. The van der Waals surface area contributed by atoms with Gasteiger partial charge < -0.3 is 4.90 Å². The molecule has 1 atom stereocenters. The number of nitrogens with zero attached hydrogens (tertiary/aromatic N) is 2. The first kappa shape index (κ1) is 14.7. The molecule has 0 amide bonds. The molecule has 1 fully saturated rings. The van der Waals surface area contributed by atoms with Gasteiger partial charge in [0.05, 0.1) is 5.88 Å². The van der Waals surface area contributed by atoms with Crippen molar-refractivity contribution in [3.63, 3.8) is 0 Å². The van der Waals surface area contributed by atoms with Crippen molar-refractivity contribution in [1.82, 2.24) is 9.21 Å². The Labute approximate surface area is 122 Å². The van der Waals surface area contributed by atoms with Gasteiger partial charge in [0.2, 0.25) is 0 Å². The third kappa shape index (κ3) is 4.15. The second-order valence-electron chi connectivity index (χ2n) is 5.84. The minimum absolute atomic E-state index is 0.628. The number of hydrogen-bond acceptors (Lipinski definition) is 3. The summed E-state index contributed by atoms with van der Waals surface area (Å²) in [4.78, 5) is 2.51. The van der Waals surface area contributed by atoms with Crippen molar-refractivity contribution in [1.29, 1.82) is 0 Å². The molecule has 1 aliphatic carbocycles. The second-order valence-corrected chi connectivity index (χ2v) is 6.83. The van der Waals surface area contributed by atoms with Gasteiger partial charge in [0.25, 0.3) is 0 Å². The van der Waals surface area contributed by atoms with Crippen molar-refractivity contribution in [3.05, 3.63) is 35.6 Å². The average molecular weight is 278 g/mol. The summed E-state index contributed by atoms with van der Waals surface area (Å²) in [5.41, 5.74) is 2.78. The Kier molecular flexibility index (Phi) is 5.17. The summed E-state index contributed by atoms with van der Waals surface area (Å²) in [6, 6.07) is 0.637. The molecule has 2 rings (SSSR count). The standard InChI is InChI=1S/C16H26N2S/c1-13(2)18-10-9-17(12-19-18)16-8-7-14(3)5-6-15(4)11-16/h5,7-8,11,13,15H,6,9-10,12H2,1-4H3/b8-7?,14-5?,16-11-. The van der Waals surface area contributed by atoms with Gasteiger partial charge in [-0.15, -0.1) is 0 Å². The first-order valence-electron chi connectivity index (χ1n) is 7.27. The molecule has 0 bridgehead atoms. The predicted octanol–water partition coefficient (Wildman–Crippen LogP) is 4.04. The van der Waals surface area contributed by atoms with Crippen molar-refractivity contribution < 1.29 is 0 Å². The van der Waals surface area contributed by atoms with Crippen molar-refractivity contribution >= 4 is 11.9 Å². The highest BCUT2D eigenvalue weighted by Crippen LogP contribution is 2.26. The fraction of sp³-hybridized carbons (Fsp3) is 0.625. The monoisotopic (exact) mass is 278 g/mol. The van der Waals surface area contributed by atoms with Gasteiger partial charge >= 0.3 is 0 Å². The zero-order valence-corrected chi connectivity index (χ0v) is 13.4. The summed E-state index contributed by atoms with van der Waals surface area (Å²) in [5, 5.41) is 0. The van der Waals surface area contributed by atoms with Crippen LogP contribution < -0.4 is 0 Å². The van der Waals surface area contributed by atoms with Crippen LogP contribution in [0.25, 0.3) is 0 Å². The number of allylic oxidation sites excluding steroid dienone is 5. The van der Waals surface area contributed by atoms with Crippen LogP contribution in [0.2, 0.25) is 0 Å². The molecule has 0 N–H and O–H groups in total. The van der Waals surface area contributed by atoms with E-state index in [2.05, 4.69) is 61.2 Å². The first-order chi connectivity index (χ1) is 9.06. The summed E-state index contributed by atoms with van der Waals surface area (Å²) < 4.78 is 2.48. The summed E-state index contributed by atoms with van der Waals surface area (Å²) in [7, 11) is 0. The summed E-state index contributed by atoms with van der Waals surface area (Å²) >= 11 is 1.96. The molecule has 2 aliphatic rings. The van der Waals surface area contributed by atoms with E-state index < -0.39 is 0 Å². The molecule has 0 radical (unpaired) electrons. The van der Waals surface area contributed by atoms with Gasteiger partial charge in [-0.3, -0.25) is 0 Å². The van der Waals surface area contributed by atoms with Crippen molar-refractivity contribution in [3.8, 4) is 0 Å². The maximum absolute atomic E-state index is 2.51. The van der Waals surface area contributed by atoms with E-state index in [1.165, 1.54) is 11.3 Å². The second kappa shape index (κ2) is 6.67. The molecule has 0 aromatic heterocycles.